The van der Waals surface area contributed by atoms with Gasteiger partial charge in [0.2, 0.25) is 0 Å². The van der Waals surface area contributed by atoms with Crippen molar-refractivity contribution < 1.29 is 0 Å². The second-order valence-electron chi connectivity index (χ2n) is 26.3. The topological polar surface area (TPSA) is 12.9 Å². The fourth-order valence-corrected chi connectivity index (χ4v) is 15.8. The summed E-state index contributed by atoms with van der Waals surface area (Å²) in [6, 6.07) is 142. The van der Waals surface area contributed by atoms with E-state index in [1.54, 1.807) is 0 Å². The molecule has 0 amide bonds. The predicted molar refractivity (Wildman–Crippen MR) is 452 cm³/mol. The van der Waals surface area contributed by atoms with Crippen LogP contribution < -0.4 is 0 Å². The van der Waals surface area contributed by atoms with Crippen molar-refractivity contribution in [2.24, 2.45) is 0 Å². The Balaban J connectivity index is 0.000000120. The fourth-order valence-electron chi connectivity index (χ4n) is 15.8. The van der Waals surface area contributed by atoms with Gasteiger partial charge in [-0.1, -0.05) is 391 Å². The first kappa shape index (κ1) is 65.3. The van der Waals surface area contributed by atoms with E-state index in [1.807, 2.05) is 18.5 Å². The first-order valence-corrected chi connectivity index (χ1v) is 35.1. The highest BCUT2D eigenvalue weighted by Crippen LogP contribution is 2.48. The van der Waals surface area contributed by atoms with Gasteiger partial charge in [0.15, 0.2) is 0 Å². The molecule has 1 nitrogen and oxygen atoms in total. The van der Waals surface area contributed by atoms with Gasteiger partial charge in [0.25, 0.3) is 0 Å². The minimum atomic E-state index is 0. The van der Waals surface area contributed by atoms with E-state index in [4.69, 9.17) is 0 Å². The van der Waals surface area contributed by atoms with Crippen molar-refractivity contribution >= 4 is 97.0 Å². The smallest absolute Gasteiger partial charge is 0.0346 e. The van der Waals surface area contributed by atoms with Crippen LogP contribution in [0.25, 0.3) is 186 Å². The highest BCUT2D eigenvalue weighted by Gasteiger charge is 2.21. The number of hydrogen-bond donors (Lipinski definition) is 0. The van der Waals surface area contributed by atoms with Gasteiger partial charge in [0, 0.05) is 12.4 Å². The summed E-state index contributed by atoms with van der Waals surface area (Å²) in [5.41, 5.74) is 20.1. The zero-order chi connectivity index (χ0) is 67.7. The summed E-state index contributed by atoms with van der Waals surface area (Å²) in [6.45, 7) is 0. The summed E-state index contributed by atoms with van der Waals surface area (Å²) in [4.78, 5) is 4.28. The molecule has 0 fully saturated rings. The summed E-state index contributed by atoms with van der Waals surface area (Å²) in [7, 11) is 0. The molecule has 0 unspecified atom stereocenters. The molecule has 1 heteroatoms. The molecule has 0 bridgehead atoms. The molecular formula is C103H75N. The molecule has 20 rings (SSSR count). The van der Waals surface area contributed by atoms with Crippen LogP contribution in [0.3, 0.4) is 0 Å². The van der Waals surface area contributed by atoms with E-state index in [-0.39, 0.29) is 14.9 Å². The minimum Gasteiger partial charge on any atom is -0.264 e. The third kappa shape index (κ3) is 12.1. The molecule has 20 aromatic rings. The number of aromatic nitrogens is 1. The molecule has 104 heavy (non-hydrogen) atoms. The van der Waals surface area contributed by atoms with Crippen molar-refractivity contribution in [1.82, 2.24) is 4.98 Å². The summed E-state index contributed by atoms with van der Waals surface area (Å²) >= 11 is 0. The zero-order valence-electron chi connectivity index (χ0n) is 56.1. The number of benzene rings is 19. The Morgan fingerprint density at radius 3 is 0.740 bits per heavy atom. The van der Waals surface area contributed by atoms with Crippen molar-refractivity contribution in [1.29, 1.82) is 0 Å². The summed E-state index contributed by atoms with van der Waals surface area (Å²) in [5.74, 6) is 0. The molecule has 0 radical (unpaired) electrons. The second-order valence-corrected chi connectivity index (χ2v) is 26.3. The normalized spacial score (nSPS) is 11.1. The van der Waals surface area contributed by atoms with Gasteiger partial charge in [-0.3, -0.25) is 4.98 Å². The van der Waals surface area contributed by atoms with Gasteiger partial charge in [-0.25, -0.2) is 0 Å². The van der Waals surface area contributed by atoms with Crippen LogP contribution in [0.5, 0.6) is 0 Å². The largest absolute Gasteiger partial charge is 0.264 e. The first-order chi connectivity index (χ1) is 50.6. The Hall–Kier alpha value is -13.3. The fraction of sp³-hybridized carbons (Fsp3) is 0.0194. The van der Waals surface area contributed by atoms with Crippen molar-refractivity contribution in [2.45, 2.75) is 14.9 Å². The Kier molecular flexibility index (Phi) is 18.0. The van der Waals surface area contributed by atoms with E-state index in [2.05, 4.69) is 393 Å². The molecule has 0 N–H and O–H groups in total. The quantitative estimate of drug-likeness (QED) is 0.138. The van der Waals surface area contributed by atoms with Crippen LogP contribution in [-0.4, -0.2) is 4.98 Å². The lowest BCUT2D eigenvalue weighted by Crippen LogP contribution is -1.91. The minimum absolute atomic E-state index is 0. The van der Waals surface area contributed by atoms with Crippen LogP contribution in [0.1, 0.15) is 14.9 Å². The van der Waals surface area contributed by atoms with Crippen LogP contribution in [0.15, 0.2) is 407 Å². The van der Waals surface area contributed by atoms with Gasteiger partial charge in [-0.2, -0.15) is 0 Å². The summed E-state index contributed by atoms with van der Waals surface area (Å²) in [6.07, 6.45) is 3.73. The molecular weight excluding hydrogens is 1250 g/mol. The lowest BCUT2D eigenvalue weighted by molar-refractivity contribution is 1.33. The van der Waals surface area contributed by atoms with E-state index in [9.17, 15) is 0 Å². The van der Waals surface area contributed by atoms with E-state index in [1.165, 1.54) is 180 Å². The number of pyridine rings is 1. The average molecular weight is 1330 g/mol. The molecule has 492 valence electrons. The molecule has 0 saturated carbocycles. The lowest BCUT2D eigenvalue weighted by atomic mass is 9.85. The average Bonchev–Trinajstić information content (AvgIpc) is 0.742. The predicted octanol–water partition coefficient (Wildman–Crippen LogP) is 29.4. The summed E-state index contributed by atoms with van der Waals surface area (Å²) < 4.78 is 0. The monoisotopic (exact) mass is 1330 g/mol. The van der Waals surface area contributed by atoms with E-state index >= 15 is 0 Å². The molecule has 0 saturated heterocycles. The maximum atomic E-state index is 4.28. The van der Waals surface area contributed by atoms with Crippen LogP contribution >= 0.6 is 0 Å². The van der Waals surface area contributed by atoms with Crippen LogP contribution in [0, 0.1) is 0 Å². The van der Waals surface area contributed by atoms with Crippen LogP contribution in [0.4, 0.5) is 0 Å². The maximum Gasteiger partial charge on any atom is 0.0346 e. The lowest BCUT2D eigenvalue weighted by Gasteiger charge is -2.18. The maximum absolute atomic E-state index is 4.28. The third-order valence-corrected chi connectivity index (χ3v) is 20.4. The Labute approximate surface area is 608 Å². The molecule has 0 aliphatic rings. The number of rotatable bonds is 8. The first-order valence-electron chi connectivity index (χ1n) is 35.1. The number of hydrogen-bond acceptors (Lipinski definition) is 1. The molecule has 0 aliphatic heterocycles. The highest BCUT2D eigenvalue weighted by molar-refractivity contribution is 6.24. The van der Waals surface area contributed by atoms with Crippen molar-refractivity contribution in [3.05, 3.63) is 407 Å². The number of fused-ring (bicyclic) bond motifs is 9. The van der Waals surface area contributed by atoms with Crippen LogP contribution in [0.2, 0.25) is 0 Å². The molecule has 0 atom stereocenters. The second kappa shape index (κ2) is 28.7. The van der Waals surface area contributed by atoms with Crippen molar-refractivity contribution in [3.8, 4) is 89.0 Å². The summed E-state index contributed by atoms with van der Waals surface area (Å²) in [5, 5.41) is 23.1. The Morgan fingerprint density at radius 2 is 0.394 bits per heavy atom. The van der Waals surface area contributed by atoms with Crippen molar-refractivity contribution in [2.75, 3.05) is 0 Å². The van der Waals surface area contributed by atoms with Gasteiger partial charge in [-0.05, 0) is 204 Å². The Morgan fingerprint density at radius 1 is 0.144 bits per heavy atom. The van der Waals surface area contributed by atoms with Gasteiger partial charge in [0.1, 0.15) is 0 Å². The van der Waals surface area contributed by atoms with Crippen molar-refractivity contribution in [3.63, 3.8) is 0 Å². The molecule has 1 aromatic heterocycles. The third-order valence-electron chi connectivity index (χ3n) is 20.4. The van der Waals surface area contributed by atoms with E-state index < -0.39 is 0 Å². The van der Waals surface area contributed by atoms with Gasteiger partial charge in [-0.15, -0.1) is 0 Å². The zero-order valence-corrected chi connectivity index (χ0v) is 56.1. The SMILES string of the molecule is C.C.c1ccc(-c2c3ccccc3c(-c3ccc(-c4cccc5ccccc45)cc3)c3ccccc23)cc1.c1ccc(-c2c3ccccc3c(-c3ccc4ccccc4c3)c3ccccc23)cc1.c1cncc(-c2ccc(-c3c4ccccc4c(-c4ccc5ccccc5c4)c4ccccc34)cc2)c1. The van der Waals surface area contributed by atoms with Crippen LogP contribution in [-0.2, 0) is 0 Å². The van der Waals surface area contributed by atoms with E-state index in [0.29, 0.717) is 0 Å². The highest BCUT2D eigenvalue weighted by atomic mass is 14.6. The van der Waals surface area contributed by atoms with Gasteiger partial charge >= 0.3 is 0 Å². The van der Waals surface area contributed by atoms with Gasteiger partial charge in [0.05, 0.1) is 0 Å². The number of nitrogens with zero attached hydrogens (tertiary/aromatic N) is 1. The van der Waals surface area contributed by atoms with Gasteiger partial charge < -0.3 is 0 Å². The Bertz CT molecular complexity index is 6340. The standard InChI is InChI=1S/C36H24.C35H23N.C30H20.2CH4/c1-2-12-27(13-3-1)35-31-16-6-8-18-33(31)36(34-19-9-7-17-32(34)35)28-23-21-26(22-24-28)30-20-10-14-25-11-4-5-15-29(25)30;1-2-9-27-22-28(20-17-24(27)8-1)35-32-13-5-3-11-30(32)34(31-12-4-6-14-33(31)35)26-18-15-25(16-19-26)29-10-7-21-36-23-29;1-2-11-22(12-3-1)29-25-14-6-8-16-27(25)30(28-17-9-7-15-26(28)29)24-19-18-21-10-4-5-13-23(21)20-24;;/h1-24H;1-23H;1-20H;2*1H4. The molecule has 19 aromatic carbocycles. The molecule has 0 aliphatic carbocycles. The van der Waals surface area contributed by atoms with E-state index in [0.717, 1.165) is 5.56 Å². The molecule has 0 spiro atoms. The molecule has 1 heterocycles.